The molecule has 0 radical (unpaired) electrons. The van der Waals surface area contributed by atoms with Crippen LogP contribution < -0.4 is 10.6 Å². The van der Waals surface area contributed by atoms with Gasteiger partial charge in [-0.05, 0) is 42.8 Å². The number of nitrogens with zero attached hydrogens (tertiary/aromatic N) is 6. The number of piperazine rings is 1. The first-order valence-electron chi connectivity index (χ1n) is 10.3. The maximum absolute atomic E-state index is 14.2. The highest BCUT2D eigenvalue weighted by molar-refractivity contribution is 5.99. The molecule has 3 rings (SSSR count). The van der Waals surface area contributed by atoms with Gasteiger partial charge < -0.3 is 20.4 Å². The first-order chi connectivity index (χ1) is 15.3. The zero-order valence-electron chi connectivity index (χ0n) is 18.5. The molecule has 0 atom stereocenters. The number of hydrogen-bond donors (Lipinski definition) is 2. The quantitative estimate of drug-likeness (QED) is 0.433. The standard InChI is InChI=1S/C22H27FN8O/c1-16-4-5-19(13-25-16)27-21(32)28-20-11-17(10-18(23)12-20)14-30-6-8-31(9-7-30)22(26-15-24)29(2)3/h4-5,10-13H,6-9,14H2,1-3H3,(H2,27,28,32)/b26-22-. The number of nitriles is 1. The minimum atomic E-state index is -0.464. The Kier molecular flexibility index (Phi) is 7.57. The summed E-state index contributed by atoms with van der Waals surface area (Å²) in [5.41, 5.74) is 2.55. The lowest BCUT2D eigenvalue weighted by molar-refractivity contribution is 0.167. The van der Waals surface area contributed by atoms with Crippen LogP contribution in [0.4, 0.5) is 20.6 Å². The van der Waals surface area contributed by atoms with Crippen molar-refractivity contribution >= 4 is 23.4 Å². The zero-order valence-corrected chi connectivity index (χ0v) is 18.5. The number of aromatic nitrogens is 1. The average molecular weight is 439 g/mol. The van der Waals surface area contributed by atoms with Gasteiger partial charge in [-0.1, -0.05) is 0 Å². The highest BCUT2D eigenvalue weighted by Gasteiger charge is 2.21. The summed E-state index contributed by atoms with van der Waals surface area (Å²) >= 11 is 0. The number of nitrogens with one attached hydrogen (secondary N) is 2. The SMILES string of the molecule is Cc1ccc(NC(=O)Nc2cc(F)cc(CN3CCN(/C(=N\C#N)N(C)C)CC3)c2)cn1. The maximum atomic E-state index is 14.2. The minimum absolute atomic E-state index is 0.382. The first-order valence-corrected chi connectivity index (χ1v) is 10.3. The number of anilines is 2. The van der Waals surface area contributed by atoms with E-state index in [2.05, 4.69) is 30.4 Å². The van der Waals surface area contributed by atoms with Gasteiger partial charge in [0, 0.05) is 58.2 Å². The van der Waals surface area contributed by atoms with Gasteiger partial charge in [0.1, 0.15) is 5.82 Å². The van der Waals surface area contributed by atoms with Crippen molar-refractivity contribution < 1.29 is 9.18 Å². The average Bonchev–Trinajstić information content (AvgIpc) is 2.74. The maximum Gasteiger partial charge on any atom is 0.323 e. The van der Waals surface area contributed by atoms with Crippen LogP contribution in [0.3, 0.4) is 0 Å². The summed E-state index contributed by atoms with van der Waals surface area (Å²) in [4.78, 5) is 26.4. The molecule has 1 aliphatic heterocycles. The number of halogens is 1. The number of urea groups is 1. The van der Waals surface area contributed by atoms with E-state index in [0.29, 0.717) is 37.0 Å². The summed E-state index contributed by atoms with van der Waals surface area (Å²) in [7, 11) is 3.71. The van der Waals surface area contributed by atoms with Crippen LogP contribution in [0, 0.1) is 24.2 Å². The number of pyridine rings is 1. The van der Waals surface area contributed by atoms with Gasteiger partial charge in [0.25, 0.3) is 0 Å². The van der Waals surface area contributed by atoms with Crippen molar-refractivity contribution in [1.82, 2.24) is 19.7 Å². The van der Waals surface area contributed by atoms with Gasteiger partial charge in [0.2, 0.25) is 12.2 Å². The Morgan fingerprint density at radius 1 is 1.19 bits per heavy atom. The number of rotatable bonds is 4. The number of carbonyl (C=O) groups excluding carboxylic acids is 1. The summed E-state index contributed by atoms with van der Waals surface area (Å²) in [6.45, 7) is 5.34. The van der Waals surface area contributed by atoms with Crippen molar-refractivity contribution in [2.75, 3.05) is 50.9 Å². The molecule has 0 spiro atoms. The van der Waals surface area contributed by atoms with E-state index < -0.39 is 11.8 Å². The van der Waals surface area contributed by atoms with Crippen molar-refractivity contribution in [2.24, 2.45) is 4.99 Å². The van der Waals surface area contributed by atoms with Crippen LogP contribution in [-0.2, 0) is 6.54 Å². The van der Waals surface area contributed by atoms with Gasteiger partial charge in [-0.15, -0.1) is 4.99 Å². The topological polar surface area (TPSA) is 99.9 Å². The molecule has 2 heterocycles. The molecule has 2 aromatic rings. The molecule has 1 aromatic heterocycles. The van der Waals surface area contributed by atoms with E-state index >= 15 is 0 Å². The van der Waals surface area contributed by atoms with E-state index in [1.165, 1.54) is 12.1 Å². The Hall–Kier alpha value is -3.71. The van der Waals surface area contributed by atoms with Crippen LogP contribution >= 0.6 is 0 Å². The minimum Gasteiger partial charge on any atom is -0.348 e. The number of hydrogen-bond acceptors (Lipinski definition) is 5. The monoisotopic (exact) mass is 438 g/mol. The Bertz CT molecular complexity index is 1010. The summed E-state index contributed by atoms with van der Waals surface area (Å²) < 4.78 is 14.2. The third-order valence-corrected chi connectivity index (χ3v) is 5.00. The van der Waals surface area contributed by atoms with Gasteiger partial charge >= 0.3 is 6.03 Å². The van der Waals surface area contributed by atoms with Crippen LogP contribution in [0.1, 0.15) is 11.3 Å². The molecule has 1 aliphatic rings. The van der Waals surface area contributed by atoms with E-state index in [-0.39, 0.29) is 0 Å². The van der Waals surface area contributed by atoms with Crippen LogP contribution in [0.5, 0.6) is 0 Å². The molecule has 1 saturated heterocycles. The largest absolute Gasteiger partial charge is 0.348 e. The van der Waals surface area contributed by atoms with Crippen molar-refractivity contribution in [1.29, 1.82) is 5.26 Å². The Morgan fingerprint density at radius 3 is 2.53 bits per heavy atom. The summed E-state index contributed by atoms with van der Waals surface area (Å²) in [6.07, 6.45) is 3.41. The Morgan fingerprint density at radius 2 is 1.91 bits per heavy atom. The second-order valence-electron chi connectivity index (χ2n) is 7.78. The van der Waals surface area contributed by atoms with Crippen molar-refractivity contribution in [3.8, 4) is 6.19 Å². The van der Waals surface area contributed by atoms with Gasteiger partial charge in [-0.2, -0.15) is 5.26 Å². The Balaban J connectivity index is 1.58. The lowest BCUT2D eigenvalue weighted by Gasteiger charge is -2.37. The third kappa shape index (κ3) is 6.39. The zero-order chi connectivity index (χ0) is 23.1. The molecule has 2 amide bonds. The molecular formula is C22H27FN8O. The van der Waals surface area contributed by atoms with E-state index in [1.807, 2.05) is 32.1 Å². The van der Waals surface area contributed by atoms with E-state index in [0.717, 1.165) is 24.3 Å². The predicted molar refractivity (Wildman–Crippen MR) is 122 cm³/mol. The molecular weight excluding hydrogens is 411 g/mol. The molecule has 1 fully saturated rings. The fourth-order valence-electron chi connectivity index (χ4n) is 3.51. The molecule has 1 aromatic carbocycles. The third-order valence-electron chi connectivity index (χ3n) is 5.00. The number of benzene rings is 1. The van der Waals surface area contributed by atoms with Crippen LogP contribution in [0.25, 0.3) is 0 Å². The van der Waals surface area contributed by atoms with Gasteiger partial charge in [0.05, 0.1) is 11.9 Å². The summed E-state index contributed by atoms with van der Waals surface area (Å²) in [5, 5.41) is 14.3. The number of amides is 2. The highest BCUT2D eigenvalue weighted by Crippen LogP contribution is 2.18. The second kappa shape index (κ2) is 10.5. The van der Waals surface area contributed by atoms with Crippen molar-refractivity contribution in [3.05, 3.63) is 53.6 Å². The fraction of sp³-hybridized carbons (Fsp3) is 0.364. The van der Waals surface area contributed by atoms with E-state index in [4.69, 9.17) is 5.26 Å². The molecule has 10 heteroatoms. The Labute approximate surface area is 187 Å². The van der Waals surface area contributed by atoms with Gasteiger partial charge in [-0.25, -0.2) is 9.18 Å². The van der Waals surface area contributed by atoms with E-state index in [1.54, 1.807) is 24.4 Å². The van der Waals surface area contributed by atoms with Gasteiger partial charge in [0.15, 0.2) is 0 Å². The lowest BCUT2D eigenvalue weighted by Crippen LogP contribution is -2.51. The number of guanidine groups is 1. The molecule has 168 valence electrons. The molecule has 0 aliphatic carbocycles. The lowest BCUT2D eigenvalue weighted by atomic mass is 10.1. The second-order valence-corrected chi connectivity index (χ2v) is 7.78. The molecule has 32 heavy (non-hydrogen) atoms. The van der Waals surface area contributed by atoms with Crippen molar-refractivity contribution in [3.63, 3.8) is 0 Å². The first kappa shape index (κ1) is 23.0. The van der Waals surface area contributed by atoms with Gasteiger partial charge in [-0.3, -0.25) is 9.88 Å². The van der Waals surface area contributed by atoms with Crippen molar-refractivity contribution in [2.45, 2.75) is 13.5 Å². The molecule has 0 bridgehead atoms. The van der Waals surface area contributed by atoms with E-state index in [9.17, 15) is 9.18 Å². The van der Waals surface area contributed by atoms with Crippen LogP contribution in [0.2, 0.25) is 0 Å². The molecule has 0 saturated carbocycles. The normalized spacial score (nSPS) is 14.6. The molecule has 2 N–H and O–H groups in total. The molecule has 0 unspecified atom stereocenters. The number of aliphatic imine (C=N–C) groups is 1. The number of carbonyl (C=O) groups is 1. The molecule has 9 nitrogen and oxygen atoms in total. The highest BCUT2D eigenvalue weighted by atomic mass is 19.1. The smallest absolute Gasteiger partial charge is 0.323 e. The fourth-order valence-corrected chi connectivity index (χ4v) is 3.51. The predicted octanol–water partition coefficient (Wildman–Crippen LogP) is 2.69. The summed E-state index contributed by atoms with van der Waals surface area (Å²) in [6, 6.07) is 7.61. The van der Waals surface area contributed by atoms with Crippen LogP contribution in [-0.4, -0.2) is 71.9 Å². The number of aryl methyl sites for hydroxylation is 1. The van der Waals surface area contributed by atoms with Crippen LogP contribution in [0.15, 0.2) is 41.5 Å². The summed E-state index contributed by atoms with van der Waals surface area (Å²) in [5.74, 6) is 0.226.